The maximum Gasteiger partial charge on any atom is 0.175 e. The molecule has 4 nitrogen and oxygen atoms in total. The lowest BCUT2D eigenvalue weighted by atomic mass is 10.2. The fourth-order valence-electron chi connectivity index (χ4n) is 1.03. The van der Waals surface area contributed by atoms with Crippen LogP contribution in [0.1, 0.15) is 5.69 Å². The molecule has 0 fully saturated rings. The molecule has 12 heavy (non-hydrogen) atoms. The van der Waals surface area contributed by atoms with Crippen LogP contribution in [0.2, 0.25) is 0 Å². The number of nitrogens with zero attached hydrogens (tertiary/aromatic N) is 3. The van der Waals surface area contributed by atoms with E-state index in [0.29, 0.717) is 12.2 Å². The van der Waals surface area contributed by atoms with Crippen molar-refractivity contribution in [1.82, 2.24) is 15.3 Å². The molecule has 2 heterocycles. The average Bonchev–Trinajstić information content (AvgIpc) is 2.25. The molecule has 1 aromatic rings. The van der Waals surface area contributed by atoms with Gasteiger partial charge < -0.3 is 5.32 Å². The maximum atomic E-state index is 4.15. The number of hydrogen-bond donors (Lipinski definition) is 1. The minimum atomic E-state index is 0.670. The van der Waals surface area contributed by atoms with Gasteiger partial charge in [-0.15, -0.1) is 0 Å². The van der Waals surface area contributed by atoms with Gasteiger partial charge in [-0.1, -0.05) is 6.58 Å². The van der Waals surface area contributed by atoms with Gasteiger partial charge in [0, 0.05) is 24.5 Å². The highest BCUT2D eigenvalue weighted by Crippen LogP contribution is 2.15. The van der Waals surface area contributed by atoms with Crippen LogP contribution in [-0.4, -0.2) is 16.3 Å². The summed E-state index contributed by atoms with van der Waals surface area (Å²) in [7, 11) is 0. The summed E-state index contributed by atoms with van der Waals surface area (Å²) >= 11 is 0. The van der Waals surface area contributed by atoms with Crippen molar-refractivity contribution in [3.8, 4) is 0 Å². The van der Waals surface area contributed by atoms with E-state index in [4.69, 9.17) is 0 Å². The molecular weight excluding hydrogens is 152 g/mol. The van der Waals surface area contributed by atoms with Gasteiger partial charge in [0.25, 0.3) is 0 Å². The molecule has 0 spiro atoms. The lowest BCUT2D eigenvalue weighted by molar-refractivity contribution is 0.982. The molecule has 0 aromatic carbocycles. The minimum Gasteiger partial charge on any atom is -0.350 e. The number of nitrogens with one attached hydrogen (secondary N) is 1. The third kappa shape index (κ3) is 1.18. The average molecular weight is 160 g/mol. The molecule has 2 rings (SSSR count). The predicted octanol–water partition coefficient (Wildman–Crippen LogP) is 0.796. The topological polar surface area (TPSA) is 50.2 Å². The molecule has 4 heteroatoms. The molecule has 0 aliphatic carbocycles. The molecule has 1 N–H and O–H groups in total. The summed E-state index contributed by atoms with van der Waals surface area (Å²) in [4.78, 5) is 12.3. The summed E-state index contributed by atoms with van der Waals surface area (Å²) in [6.45, 7) is 3.80. The molecule has 1 aromatic heterocycles. The van der Waals surface area contributed by atoms with Crippen LogP contribution in [0, 0.1) is 0 Å². The first kappa shape index (κ1) is 6.97. The highest BCUT2D eigenvalue weighted by atomic mass is 15.0. The Morgan fingerprint density at radius 1 is 1.33 bits per heavy atom. The van der Waals surface area contributed by atoms with Gasteiger partial charge in [0.2, 0.25) is 0 Å². The smallest absolute Gasteiger partial charge is 0.175 e. The predicted molar refractivity (Wildman–Crippen MR) is 46.2 cm³/mol. The number of aliphatic imine (C=N–C) groups is 1. The first-order valence-corrected chi connectivity index (χ1v) is 3.63. The summed E-state index contributed by atoms with van der Waals surface area (Å²) < 4.78 is 0. The Morgan fingerprint density at radius 2 is 2.17 bits per heavy atom. The first-order chi connectivity index (χ1) is 5.86. The SMILES string of the molecule is C=C1Cc2nccnc2N=CN1. The van der Waals surface area contributed by atoms with Gasteiger partial charge in [-0.2, -0.15) is 0 Å². The van der Waals surface area contributed by atoms with Gasteiger partial charge in [0.1, 0.15) is 0 Å². The largest absolute Gasteiger partial charge is 0.350 e. The van der Waals surface area contributed by atoms with Crippen LogP contribution in [0.3, 0.4) is 0 Å². The Bertz CT molecular complexity index is 343. The lowest BCUT2D eigenvalue weighted by Gasteiger charge is -2.00. The Kier molecular flexibility index (Phi) is 1.59. The molecule has 0 amide bonds. The van der Waals surface area contributed by atoms with E-state index in [-0.39, 0.29) is 0 Å². The number of fused-ring (bicyclic) bond motifs is 1. The molecule has 0 saturated heterocycles. The fraction of sp³-hybridized carbons (Fsp3) is 0.125. The van der Waals surface area contributed by atoms with Crippen molar-refractivity contribution >= 4 is 12.2 Å². The van der Waals surface area contributed by atoms with Gasteiger partial charge >= 0.3 is 0 Å². The Morgan fingerprint density at radius 3 is 3.08 bits per heavy atom. The van der Waals surface area contributed by atoms with Crippen LogP contribution in [-0.2, 0) is 6.42 Å². The second kappa shape index (κ2) is 2.73. The molecular formula is C8H8N4. The fourth-order valence-corrected chi connectivity index (χ4v) is 1.03. The van der Waals surface area contributed by atoms with Crippen LogP contribution in [0.4, 0.5) is 5.82 Å². The molecule has 0 radical (unpaired) electrons. The van der Waals surface area contributed by atoms with Crippen molar-refractivity contribution in [3.05, 3.63) is 30.4 Å². The van der Waals surface area contributed by atoms with Crippen molar-refractivity contribution in [2.24, 2.45) is 4.99 Å². The molecule has 0 atom stereocenters. The molecule has 0 unspecified atom stereocenters. The summed E-state index contributed by atoms with van der Waals surface area (Å²) in [6, 6.07) is 0. The van der Waals surface area contributed by atoms with Gasteiger partial charge in [-0.05, 0) is 0 Å². The van der Waals surface area contributed by atoms with Crippen molar-refractivity contribution < 1.29 is 0 Å². The molecule has 60 valence electrons. The Balaban J connectivity index is 2.48. The lowest BCUT2D eigenvalue weighted by Crippen LogP contribution is -2.09. The van der Waals surface area contributed by atoms with Gasteiger partial charge in [0.15, 0.2) is 5.82 Å². The molecule has 0 saturated carbocycles. The zero-order chi connectivity index (χ0) is 8.39. The number of aromatic nitrogens is 2. The maximum absolute atomic E-state index is 4.15. The number of rotatable bonds is 0. The van der Waals surface area contributed by atoms with Crippen molar-refractivity contribution in [1.29, 1.82) is 0 Å². The van der Waals surface area contributed by atoms with Crippen LogP contribution >= 0.6 is 0 Å². The summed E-state index contributed by atoms with van der Waals surface area (Å²) in [5.41, 5.74) is 1.75. The second-order valence-electron chi connectivity index (χ2n) is 2.51. The highest BCUT2D eigenvalue weighted by Gasteiger charge is 2.07. The van der Waals surface area contributed by atoms with Gasteiger partial charge in [-0.3, -0.25) is 4.98 Å². The van der Waals surface area contributed by atoms with Crippen LogP contribution in [0.5, 0.6) is 0 Å². The molecule has 1 aliphatic heterocycles. The van der Waals surface area contributed by atoms with Gasteiger partial charge in [0.05, 0.1) is 12.0 Å². The van der Waals surface area contributed by atoms with E-state index >= 15 is 0 Å². The van der Waals surface area contributed by atoms with E-state index in [9.17, 15) is 0 Å². The number of allylic oxidation sites excluding steroid dienone is 1. The quantitative estimate of drug-likeness (QED) is 0.610. The third-order valence-electron chi connectivity index (χ3n) is 1.59. The molecule has 1 aliphatic rings. The number of hydrogen-bond acceptors (Lipinski definition) is 4. The van der Waals surface area contributed by atoms with Crippen LogP contribution in [0.15, 0.2) is 29.7 Å². The van der Waals surface area contributed by atoms with Crippen LogP contribution in [0.25, 0.3) is 0 Å². The normalized spacial score (nSPS) is 14.8. The van der Waals surface area contributed by atoms with Crippen LogP contribution < -0.4 is 5.32 Å². The van der Waals surface area contributed by atoms with Crippen molar-refractivity contribution in [3.63, 3.8) is 0 Å². The summed E-state index contributed by atoms with van der Waals surface area (Å²) in [5.74, 6) is 0.670. The van der Waals surface area contributed by atoms with Gasteiger partial charge in [-0.25, -0.2) is 9.98 Å². The van der Waals surface area contributed by atoms with E-state index < -0.39 is 0 Å². The Hall–Kier alpha value is -1.71. The van der Waals surface area contributed by atoms with E-state index in [1.165, 1.54) is 0 Å². The zero-order valence-electron chi connectivity index (χ0n) is 6.49. The summed E-state index contributed by atoms with van der Waals surface area (Å²) in [5, 5.41) is 2.93. The zero-order valence-corrected chi connectivity index (χ0v) is 6.49. The summed E-state index contributed by atoms with van der Waals surface area (Å²) in [6.07, 6.45) is 5.56. The van der Waals surface area contributed by atoms with E-state index in [2.05, 4.69) is 26.9 Å². The van der Waals surface area contributed by atoms with Crippen molar-refractivity contribution in [2.45, 2.75) is 6.42 Å². The third-order valence-corrected chi connectivity index (χ3v) is 1.59. The molecule has 0 bridgehead atoms. The van der Waals surface area contributed by atoms with E-state index in [1.54, 1.807) is 18.7 Å². The minimum absolute atomic E-state index is 0.670. The van der Waals surface area contributed by atoms with E-state index in [1.807, 2.05) is 0 Å². The highest BCUT2D eigenvalue weighted by molar-refractivity contribution is 5.64. The first-order valence-electron chi connectivity index (χ1n) is 3.63. The standard InChI is InChI=1S/C8H8N4/c1-6-4-7-8(12-5-11-6)10-3-2-9-7/h2-3,5H,1,4H2,(H,10,11,12). The van der Waals surface area contributed by atoms with E-state index in [0.717, 1.165) is 11.4 Å². The Labute approximate surface area is 70.1 Å². The van der Waals surface area contributed by atoms with Crippen molar-refractivity contribution in [2.75, 3.05) is 0 Å². The monoisotopic (exact) mass is 160 g/mol. The second-order valence-corrected chi connectivity index (χ2v) is 2.51.